The molecule has 6 heteroatoms. The van der Waals surface area contributed by atoms with Crippen molar-refractivity contribution in [2.45, 2.75) is 0 Å². The van der Waals surface area contributed by atoms with Crippen LogP contribution in [0, 0.1) is 3.57 Å². The third-order valence-electron chi connectivity index (χ3n) is 1.97. The highest BCUT2D eigenvalue weighted by Gasteiger charge is 2.09. The summed E-state index contributed by atoms with van der Waals surface area (Å²) in [6.45, 7) is 0. The maximum absolute atomic E-state index is 12.3. The van der Waals surface area contributed by atoms with Crippen LogP contribution in [-0.2, 0) is 10.5 Å². The van der Waals surface area contributed by atoms with Gasteiger partial charge in [-0.25, -0.2) is 0 Å². The van der Waals surface area contributed by atoms with Gasteiger partial charge < -0.3 is 4.18 Å². The van der Waals surface area contributed by atoms with Gasteiger partial charge in [-0.1, -0.05) is 16.0 Å². The molecule has 16 heavy (non-hydrogen) atoms. The van der Waals surface area contributed by atoms with Crippen molar-refractivity contribution in [2.24, 2.45) is 0 Å². The first-order chi connectivity index (χ1) is 7.44. The molecule has 0 aliphatic rings. The minimum atomic E-state index is -4.96. The van der Waals surface area contributed by atoms with E-state index in [0.717, 1.165) is 14.3 Å². The van der Waals surface area contributed by atoms with Crippen LogP contribution >= 0.6 is 22.6 Å². The Balaban J connectivity index is 2.49. The van der Waals surface area contributed by atoms with E-state index >= 15 is 0 Å². The summed E-state index contributed by atoms with van der Waals surface area (Å²) in [6.07, 6.45) is 0. The Bertz CT molecular complexity index is 640. The molecule has 3 nitrogen and oxygen atoms in total. The minimum Gasteiger partial charge on any atom is -0.358 e. The zero-order chi connectivity index (χ0) is 11.8. The zero-order valence-corrected chi connectivity index (χ0v) is 10.8. The van der Waals surface area contributed by atoms with Gasteiger partial charge in [0.1, 0.15) is 5.75 Å². The normalized spacial score (nSPS) is 11.6. The van der Waals surface area contributed by atoms with Crippen LogP contribution < -0.4 is 4.18 Å². The predicted octanol–water partition coefficient (Wildman–Crippen LogP) is 3.04. The number of hydrogen-bond donors (Lipinski definition) is 0. The highest BCUT2D eigenvalue weighted by molar-refractivity contribution is 14.1. The van der Waals surface area contributed by atoms with Crippen LogP contribution in [0.15, 0.2) is 36.4 Å². The molecule has 0 N–H and O–H groups in total. The largest absolute Gasteiger partial charge is 0.488 e. The maximum atomic E-state index is 12.3. The molecule has 0 saturated carbocycles. The fourth-order valence-corrected chi connectivity index (χ4v) is 2.21. The van der Waals surface area contributed by atoms with Crippen molar-refractivity contribution in [2.75, 3.05) is 0 Å². The van der Waals surface area contributed by atoms with Crippen LogP contribution in [0.25, 0.3) is 10.8 Å². The summed E-state index contributed by atoms with van der Waals surface area (Å²) in [6, 6.07) is 10.2. The van der Waals surface area contributed by atoms with Gasteiger partial charge in [-0.05, 0) is 57.6 Å². The van der Waals surface area contributed by atoms with Gasteiger partial charge in [-0.2, -0.15) is 8.42 Å². The van der Waals surface area contributed by atoms with Gasteiger partial charge in [0, 0.05) is 3.57 Å². The molecule has 2 aromatic rings. The number of hydrogen-bond acceptors (Lipinski definition) is 3. The van der Waals surface area contributed by atoms with E-state index < -0.39 is 10.5 Å². The lowest BCUT2D eigenvalue weighted by Gasteiger charge is -2.02. The molecule has 0 radical (unpaired) electrons. The second kappa shape index (κ2) is 4.17. The third kappa shape index (κ3) is 2.82. The van der Waals surface area contributed by atoms with Crippen molar-refractivity contribution in [3.63, 3.8) is 0 Å². The molecule has 0 unspecified atom stereocenters. The van der Waals surface area contributed by atoms with E-state index in [1.54, 1.807) is 6.07 Å². The second-order valence-corrected chi connectivity index (χ2v) is 5.33. The van der Waals surface area contributed by atoms with Crippen LogP contribution in [0.5, 0.6) is 5.75 Å². The van der Waals surface area contributed by atoms with E-state index in [4.69, 9.17) is 0 Å². The van der Waals surface area contributed by atoms with E-state index in [1.807, 2.05) is 18.2 Å². The average molecular weight is 352 g/mol. The maximum Gasteiger partial charge on any atom is 0.488 e. The van der Waals surface area contributed by atoms with Crippen LogP contribution in [0.2, 0.25) is 0 Å². The summed E-state index contributed by atoms with van der Waals surface area (Å²) in [7, 11) is -4.96. The lowest BCUT2D eigenvalue weighted by atomic mass is 10.1. The predicted molar refractivity (Wildman–Crippen MR) is 67.3 cm³/mol. The molecule has 0 aromatic heterocycles. The Morgan fingerprint density at radius 2 is 1.69 bits per heavy atom. The Labute approximate surface area is 106 Å². The van der Waals surface area contributed by atoms with Crippen molar-refractivity contribution in [1.29, 1.82) is 0 Å². The van der Waals surface area contributed by atoms with E-state index in [-0.39, 0.29) is 5.75 Å². The van der Waals surface area contributed by atoms with Gasteiger partial charge in [0.25, 0.3) is 0 Å². The minimum absolute atomic E-state index is 0.0313. The van der Waals surface area contributed by atoms with Crippen LogP contribution in [0.3, 0.4) is 0 Å². The van der Waals surface area contributed by atoms with E-state index in [0.29, 0.717) is 0 Å². The van der Waals surface area contributed by atoms with Crippen LogP contribution in [0.4, 0.5) is 3.89 Å². The summed E-state index contributed by atoms with van der Waals surface area (Å²) in [5.74, 6) is -0.0313. The van der Waals surface area contributed by atoms with E-state index in [1.165, 1.54) is 12.1 Å². The number of halogens is 2. The molecule has 0 fully saturated rings. The molecule has 0 saturated heterocycles. The highest BCUT2D eigenvalue weighted by Crippen LogP contribution is 2.23. The molecular formula is C10H6FIO3S. The molecule has 2 aromatic carbocycles. The standard InChI is InChI=1S/C10H6FIO3S/c11-16(13,14)15-10-4-2-7-5-9(12)3-1-8(7)6-10/h1-6H. The molecule has 0 heterocycles. The fraction of sp³-hybridized carbons (Fsp3) is 0. The molecule has 0 aliphatic carbocycles. The average Bonchev–Trinajstić information content (AvgIpc) is 2.16. The first-order valence-corrected chi connectivity index (χ1v) is 6.66. The third-order valence-corrected chi connectivity index (χ3v) is 3.03. The van der Waals surface area contributed by atoms with E-state index in [9.17, 15) is 12.3 Å². The molecular weight excluding hydrogens is 346 g/mol. The summed E-state index contributed by atoms with van der Waals surface area (Å²) in [4.78, 5) is 0. The Hall–Kier alpha value is -0.890. The van der Waals surface area contributed by atoms with E-state index in [2.05, 4.69) is 26.8 Å². The van der Waals surface area contributed by atoms with Crippen LogP contribution in [-0.4, -0.2) is 8.42 Å². The summed E-state index contributed by atoms with van der Waals surface area (Å²) in [5.41, 5.74) is 0. The van der Waals surface area contributed by atoms with Crippen molar-refractivity contribution in [3.05, 3.63) is 40.0 Å². The number of benzene rings is 2. The number of rotatable bonds is 2. The monoisotopic (exact) mass is 352 g/mol. The molecule has 2 rings (SSSR count). The number of fused-ring (bicyclic) bond motifs is 1. The Morgan fingerprint density at radius 1 is 1.06 bits per heavy atom. The molecule has 84 valence electrons. The van der Waals surface area contributed by atoms with Crippen molar-refractivity contribution in [3.8, 4) is 5.75 Å². The van der Waals surface area contributed by atoms with Gasteiger partial charge in [-0.15, -0.1) is 0 Å². The molecule has 0 aliphatic heterocycles. The Morgan fingerprint density at radius 3 is 2.38 bits per heavy atom. The second-order valence-electron chi connectivity index (χ2n) is 3.13. The SMILES string of the molecule is O=S(=O)(F)Oc1ccc2cc(I)ccc2c1. The summed E-state index contributed by atoms with van der Waals surface area (Å²) < 4.78 is 38.1. The van der Waals surface area contributed by atoms with Crippen molar-refractivity contribution in [1.82, 2.24) is 0 Å². The quantitative estimate of drug-likeness (QED) is 0.617. The van der Waals surface area contributed by atoms with Crippen molar-refractivity contribution < 1.29 is 16.5 Å². The van der Waals surface area contributed by atoms with Gasteiger partial charge in [0.15, 0.2) is 0 Å². The van der Waals surface area contributed by atoms with Gasteiger partial charge in [-0.3, -0.25) is 0 Å². The smallest absolute Gasteiger partial charge is 0.358 e. The topological polar surface area (TPSA) is 43.4 Å². The zero-order valence-electron chi connectivity index (χ0n) is 7.85. The summed E-state index contributed by atoms with van der Waals surface area (Å²) >= 11 is 2.17. The Kier molecular flexibility index (Phi) is 3.02. The van der Waals surface area contributed by atoms with Gasteiger partial charge in [0.05, 0.1) is 0 Å². The lowest BCUT2D eigenvalue weighted by molar-refractivity contribution is 0.440. The van der Waals surface area contributed by atoms with Crippen molar-refractivity contribution >= 4 is 43.9 Å². The van der Waals surface area contributed by atoms with Crippen LogP contribution in [0.1, 0.15) is 0 Å². The molecule has 0 bridgehead atoms. The first kappa shape index (κ1) is 11.6. The van der Waals surface area contributed by atoms with Gasteiger partial charge in [0.2, 0.25) is 0 Å². The molecule has 0 atom stereocenters. The first-order valence-electron chi connectivity index (χ1n) is 4.27. The molecule has 0 spiro atoms. The summed E-state index contributed by atoms with van der Waals surface area (Å²) in [5, 5.41) is 1.73. The molecule has 0 amide bonds. The fourth-order valence-electron chi connectivity index (χ4n) is 1.36. The highest BCUT2D eigenvalue weighted by atomic mass is 127. The van der Waals surface area contributed by atoms with Gasteiger partial charge >= 0.3 is 10.5 Å². The lowest BCUT2D eigenvalue weighted by Crippen LogP contribution is -2.00.